The number of rotatable bonds is 4. The van der Waals surface area contributed by atoms with Crippen molar-refractivity contribution >= 4 is 12.0 Å². The average molecular weight is 354 g/mol. The van der Waals surface area contributed by atoms with Gasteiger partial charge >= 0.3 is 6.09 Å². The molecule has 2 saturated heterocycles. The highest BCUT2D eigenvalue weighted by Crippen LogP contribution is 2.29. The van der Waals surface area contributed by atoms with Gasteiger partial charge in [-0.05, 0) is 25.5 Å². The van der Waals surface area contributed by atoms with E-state index in [4.69, 9.17) is 4.74 Å². The molecule has 2 aliphatic heterocycles. The largest absolute Gasteiger partial charge is 0.447 e. The minimum Gasteiger partial charge on any atom is -0.447 e. The molecular formula is C19H22N4O3. The highest BCUT2D eigenvalue weighted by Gasteiger charge is 2.39. The molecule has 2 fully saturated rings. The second kappa shape index (κ2) is 6.48. The van der Waals surface area contributed by atoms with Gasteiger partial charge in [0, 0.05) is 18.8 Å². The molecule has 0 aliphatic carbocycles. The van der Waals surface area contributed by atoms with Gasteiger partial charge in [0.1, 0.15) is 13.2 Å². The van der Waals surface area contributed by atoms with Gasteiger partial charge < -0.3 is 9.64 Å². The number of carbonyl (C=O) groups is 2. The average Bonchev–Trinajstić information content (AvgIpc) is 3.10. The Kier molecular flexibility index (Phi) is 4.14. The molecule has 0 radical (unpaired) electrons. The zero-order chi connectivity index (χ0) is 18.3. The first kappa shape index (κ1) is 16.6. The second-order valence-corrected chi connectivity index (χ2v) is 6.96. The summed E-state index contributed by atoms with van der Waals surface area (Å²) in [5.74, 6) is -0.0532. The smallest absolute Gasteiger partial charge is 0.410 e. The van der Waals surface area contributed by atoms with Gasteiger partial charge in [-0.25, -0.2) is 4.79 Å². The minimum atomic E-state index is -0.428. The van der Waals surface area contributed by atoms with Crippen molar-refractivity contribution in [3.05, 3.63) is 53.3 Å². The molecule has 7 heteroatoms. The number of aromatic nitrogens is 2. The summed E-state index contributed by atoms with van der Waals surface area (Å²) in [6.07, 6.45) is -0.428. The molecule has 0 bridgehead atoms. The van der Waals surface area contributed by atoms with Crippen molar-refractivity contribution in [2.75, 3.05) is 26.2 Å². The van der Waals surface area contributed by atoms with Crippen molar-refractivity contribution in [3.63, 3.8) is 0 Å². The van der Waals surface area contributed by atoms with Crippen LogP contribution in [0, 0.1) is 13.8 Å². The summed E-state index contributed by atoms with van der Waals surface area (Å²) in [5.41, 5.74) is 3.07. The Morgan fingerprint density at radius 2 is 1.96 bits per heavy atom. The molecule has 1 aromatic carbocycles. The van der Waals surface area contributed by atoms with E-state index in [1.165, 1.54) is 4.90 Å². The number of carbonyl (C=O) groups excluding carboxylic acids is 2. The Morgan fingerprint density at radius 1 is 1.23 bits per heavy atom. The van der Waals surface area contributed by atoms with E-state index in [1.54, 1.807) is 4.90 Å². The van der Waals surface area contributed by atoms with Crippen molar-refractivity contribution < 1.29 is 14.3 Å². The summed E-state index contributed by atoms with van der Waals surface area (Å²) in [5, 5.41) is 4.49. The summed E-state index contributed by atoms with van der Waals surface area (Å²) >= 11 is 0. The van der Waals surface area contributed by atoms with Gasteiger partial charge in [0.05, 0.1) is 17.8 Å². The van der Waals surface area contributed by atoms with Crippen LogP contribution in [0.25, 0.3) is 0 Å². The predicted molar refractivity (Wildman–Crippen MR) is 94.6 cm³/mol. The highest BCUT2D eigenvalue weighted by molar-refractivity contribution is 5.84. The Labute approximate surface area is 152 Å². The van der Waals surface area contributed by atoms with E-state index in [9.17, 15) is 9.59 Å². The molecule has 2 aliphatic rings. The van der Waals surface area contributed by atoms with Crippen molar-refractivity contribution in [2.24, 2.45) is 0 Å². The first-order valence-corrected chi connectivity index (χ1v) is 8.82. The van der Waals surface area contributed by atoms with E-state index in [1.807, 2.05) is 54.9 Å². The van der Waals surface area contributed by atoms with Crippen LogP contribution in [0.5, 0.6) is 0 Å². The predicted octanol–water partition coefficient (Wildman–Crippen LogP) is 2.08. The number of amides is 2. The third-order valence-corrected chi connectivity index (χ3v) is 5.07. The van der Waals surface area contributed by atoms with Crippen LogP contribution in [0.2, 0.25) is 0 Å². The number of cyclic esters (lactones) is 1. The second-order valence-electron chi connectivity index (χ2n) is 6.96. The van der Waals surface area contributed by atoms with E-state index < -0.39 is 6.09 Å². The third-order valence-electron chi connectivity index (χ3n) is 5.07. The monoisotopic (exact) mass is 354 g/mol. The maximum Gasteiger partial charge on any atom is 0.410 e. The third kappa shape index (κ3) is 2.94. The standard InChI is InChI=1S/C19H22N4O3/c1-13-8-14(2)23(20-13)16-9-21(10-16)18(24)11-22-17(12-26-19(22)25)15-6-4-3-5-7-15/h3-8,16-17H,9-12H2,1-2H3/t17-/m1/s1. The first-order chi connectivity index (χ1) is 12.5. The van der Waals surface area contributed by atoms with Gasteiger partial charge in [-0.1, -0.05) is 30.3 Å². The molecule has 1 aromatic heterocycles. The Balaban J connectivity index is 1.39. The van der Waals surface area contributed by atoms with Crippen molar-refractivity contribution in [3.8, 4) is 0 Å². The van der Waals surface area contributed by atoms with Crippen molar-refractivity contribution in [2.45, 2.75) is 25.9 Å². The van der Waals surface area contributed by atoms with E-state index in [-0.39, 0.29) is 31.1 Å². The normalized spacial score (nSPS) is 20.2. The summed E-state index contributed by atoms with van der Waals surface area (Å²) in [4.78, 5) is 28.0. The lowest BCUT2D eigenvalue weighted by Crippen LogP contribution is -2.54. The fourth-order valence-corrected chi connectivity index (χ4v) is 3.65. The van der Waals surface area contributed by atoms with Crippen LogP contribution in [0.4, 0.5) is 4.79 Å². The minimum absolute atomic E-state index is 0.0439. The molecule has 0 saturated carbocycles. The molecule has 26 heavy (non-hydrogen) atoms. The van der Waals surface area contributed by atoms with Crippen molar-refractivity contribution in [1.82, 2.24) is 19.6 Å². The molecule has 4 rings (SSSR count). The Morgan fingerprint density at radius 3 is 2.62 bits per heavy atom. The van der Waals surface area contributed by atoms with Gasteiger partial charge in [-0.15, -0.1) is 0 Å². The lowest BCUT2D eigenvalue weighted by Gasteiger charge is -2.40. The summed E-state index contributed by atoms with van der Waals surface area (Å²) < 4.78 is 7.16. The van der Waals surface area contributed by atoms with Crippen LogP contribution in [0.15, 0.2) is 36.4 Å². The number of hydrogen-bond acceptors (Lipinski definition) is 4. The van der Waals surface area contributed by atoms with E-state index in [2.05, 4.69) is 5.10 Å². The Bertz CT molecular complexity index is 827. The number of ether oxygens (including phenoxy) is 1. The van der Waals surface area contributed by atoms with E-state index >= 15 is 0 Å². The van der Waals surface area contributed by atoms with Crippen LogP contribution in [0.1, 0.15) is 29.0 Å². The van der Waals surface area contributed by atoms with Crippen LogP contribution in [0.3, 0.4) is 0 Å². The molecule has 1 atom stereocenters. The number of benzene rings is 1. The van der Waals surface area contributed by atoms with Gasteiger partial charge in [0.15, 0.2) is 0 Å². The molecule has 3 heterocycles. The maximum atomic E-state index is 12.6. The number of hydrogen-bond donors (Lipinski definition) is 0. The topological polar surface area (TPSA) is 67.7 Å². The molecule has 2 aromatic rings. The maximum absolute atomic E-state index is 12.6. The van der Waals surface area contributed by atoms with Crippen molar-refractivity contribution in [1.29, 1.82) is 0 Å². The van der Waals surface area contributed by atoms with Gasteiger partial charge in [0.2, 0.25) is 5.91 Å². The zero-order valence-corrected chi connectivity index (χ0v) is 15.0. The van der Waals surface area contributed by atoms with E-state index in [0.29, 0.717) is 13.1 Å². The van der Waals surface area contributed by atoms with Gasteiger partial charge in [0.25, 0.3) is 0 Å². The zero-order valence-electron chi connectivity index (χ0n) is 15.0. The number of likely N-dealkylation sites (tertiary alicyclic amines) is 1. The van der Waals surface area contributed by atoms with Crippen LogP contribution < -0.4 is 0 Å². The molecular weight excluding hydrogens is 332 g/mol. The Hall–Kier alpha value is -2.83. The number of nitrogens with zero attached hydrogens (tertiary/aromatic N) is 4. The lowest BCUT2D eigenvalue weighted by atomic mass is 10.1. The molecule has 7 nitrogen and oxygen atoms in total. The summed E-state index contributed by atoms with van der Waals surface area (Å²) in [6.45, 7) is 5.56. The molecule has 0 unspecified atom stereocenters. The molecule has 2 amide bonds. The summed E-state index contributed by atoms with van der Waals surface area (Å²) in [7, 11) is 0. The fourth-order valence-electron chi connectivity index (χ4n) is 3.65. The van der Waals surface area contributed by atoms with Gasteiger partial charge in [-0.2, -0.15) is 5.10 Å². The first-order valence-electron chi connectivity index (χ1n) is 8.82. The van der Waals surface area contributed by atoms with Gasteiger partial charge in [-0.3, -0.25) is 14.4 Å². The van der Waals surface area contributed by atoms with Crippen LogP contribution in [-0.4, -0.2) is 57.8 Å². The van der Waals surface area contributed by atoms with Crippen LogP contribution >= 0.6 is 0 Å². The summed E-state index contributed by atoms with van der Waals surface area (Å²) in [6, 6.07) is 11.7. The number of aryl methyl sites for hydroxylation is 2. The highest BCUT2D eigenvalue weighted by atomic mass is 16.6. The fraction of sp³-hybridized carbons (Fsp3) is 0.421. The molecule has 136 valence electrons. The SMILES string of the molecule is Cc1cc(C)n(C2CN(C(=O)CN3C(=O)OC[C@@H]3c3ccccc3)C2)n1. The van der Waals surface area contributed by atoms with E-state index in [0.717, 1.165) is 17.0 Å². The van der Waals surface area contributed by atoms with Crippen LogP contribution in [-0.2, 0) is 9.53 Å². The molecule has 0 spiro atoms. The molecule has 0 N–H and O–H groups in total. The lowest BCUT2D eigenvalue weighted by molar-refractivity contribution is -0.138. The quantitative estimate of drug-likeness (QED) is 0.843.